The van der Waals surface area contributed by atoms with E-state index in [9.17, 15) is 14.4 Å². The summed E-state index contributed by atoms with van der Waals surface area (Å²) in [4.78, 5) is 40.2. The maximum Gasteiger partial charge on any atom is 0.413 e. The fraction of sp³-hybridized carbons (Fsp3) is 0.375. The lowest BCUT2D eigenvalue weighted by Gasteiger charge is -2.12. The van der Waals surface area contributed by atoms with E-state index in [0.29, 0.717) is 16.1 Å². The van der Waals surface area contributed by atoms with Crippen LogP contribution in [0.5, 0.6) is 0 Å². The summed E-state index contributed by atoms with van der Waals surface area (Å²) in [7, 11) is 0. The predicted octanol–water partition coefficient (Wildman–Crippen LogP) is 2.10. The van der Waals surface area contributed by atoms with E-state index in [4.69, 9.17) is 0 Å². The predicted molar refractivity (Wildman–Crippen MR) is 90.2 cm³/mol. The summed E-state index contributed by atoms with van der Waals surface area (Å²) in [5.74, 6) is -0.501. The average molecular weight is 347 g/mol. The van der Waals surface area contributed by atoms with Gasteiger partial charge in [-0.3, -0.25) is 19.5 Å². The number of ether oxygens (including phenoxy) is 1. The first-order valence-corrected chi connectivity index (χ1v) is 8.69. The monoisotopic (exact) mass is 347 g/mol. The van der Waals surface area contributed by atoms with Crippen LogP contribution < -0.4 is 10.9 Å². The zero-order valence-electron chi connectivity index (χ0n) is 13.2. The number of benzene rings is 1. The zero-order valence-corrected chi connectivity index (χ0v) is 14.0. The lowest BCUT2D eigenvalue weighted by atomic mass is 10.2. The van der Waals surface area contributed by atoms with Crippen LogP contribution in [-0.2, 0) is 9.53 Å². The van der Waals surface area contributed by atoms with E-state index in [2.05, 4.69) is 15.0 Å². The van der Waals surface area contributed by atoms with E-state index in [1.54, 1.807) is 23.6 Å². The van der Waals surface area contributed by atoms with E-state index >= 15 is 0 Å². The van der Waals surface area contributed by atoms with Gasteiger partial charge in [0.1, 0.15) is 0 Å². The smallest absolute Gasteiger partial charge is 0.413 e. The zero-order chi connectivity index (χ0) is 17.1. The molecule has 24 heavy (non-hydrogen) atoms. The minimum absolute atomic E-state index is 0.0175. The molecule has 1 aromatic carbocycles. The van der Waals surface area contributed by atoms with Crippen LogP contribution in [0.4, 0.5) is 4.79 Å². The highest BCUT2D eigenvalue weighted by atomic mass is 32.2. The minimum atomic E-state index is -0.769. The Kier molecular flexibility index (Phi) is 4.84. The molecule has 0 aliphatic heterocycles. The molecular weight excluding hydrogens is 330 g/mol. The number of hydrogen-bond acceptors (Lipinski definition) is 6. The standard InChI is InChI=1S/C16H17N3O4S/c1-2-23-16(22)18-13(20)9-24-15-17-12-6-4-3-5-11(12)14(21)19(15)10-7-8-10/h3-6,10H,2,7-9H2,1H3,(H,18,20,22). The summed E-state index contributed by atoms with van der Waals surface area (Å²) in [6.07, 6.45) is 1.10. The molecule has 3 rings (SSSR count). The van der Waals surface area contributed by atoms with Crippen LogP contribution >= 0.6 is 11.8 Å². The SMILES string of the molecule is CCOC(=O)NC(=O)CSc1nc2ccccc2c(=O)n1C1CC1. The molecule has 1 aliphatic carbocycles. The second-order valence-electron chi connectivity index (χ2n) is 5.38. The molecule has 0 atom stereocenters. The molecule has 1 heterocycles. The molecule has 1 fully saturated rings. The van der Waals surface area contributed by atoms with Gasteiger partial charge < -0.3 is 4.74 Å². The van der Waals surface area contributed by atoms with Crippen molar-refractivity contribution < 1.29 is 14.3 Å². The topological polar surface area (TPSA) is 90.3 Å². The number of aromatic nitrogens is 2. The molecule has 7 nitrogen and oxygen atoms in total. The number of rotatable bonds is 5. The highest BCUT2D eigenvalue weighted by molar-refractivity contribution is 7.99. The maximum absolute atomic E-state index is 12.7. The molecule has 2 amide bonds. The van der Waals surface area contributed by atoms with E-state index < -0.39 is 12.0 Å². The third-order valence-corrected chi connectivity index (χ3v) is 4.49. The van der Waals surface area contributed by atoms with Crippen molar-refractivity contribution in [3.63, 3.8) is 0 Å². The number of nitrogens with zero attached hydrogens (tertiary/aromatic N) is 2. The first-order chi connectivity index (χ1) is 11.6. The Labute approximate surface area is 142 Å². The second kappa shape index (κ2) is 7.04. The summed E-state index contributed by atoms with van der Waals surface area (Å²) < 4.78 is 6.32. The summed E-state index contributed by atoms with van der Waals surface area (Å²) in [5.41, 5.74) is 0.518. The largest absolute Gasteiger partial charge is 0.450 e. The molecule has 0 unspecified atom stereocenters. The molecule has 1 saturated carbocycles. The van der Waals surface area contributed by atoms with Crippen molar-refractivity contribution in [2.24, 2.45) is 0 Å². The van der Waals surface area contributed by atoms with Crippen molar-refractivity contribution in [3.05, 3.63) is 34.6 Å². The van der Waals surface area contributed by atoms with Gasteiger partial charge in [-0.2, -0.15) is 0 Å². The highest BCUT2D eigenvalue weighted by Gasteiger charge is 2.28. The molecule has 1 aromatic heterocycles. The van der Waals surface area contributed by atoms with Crippen molar-refractivity contribution in [2.45, 2.75) is 31.0 Å². The Morgan fingerprint density at radius 3 is 2.83 bits per heavy atom. The average Bonchev–Trinajstić information content (AvgIpc) is 3.38. The molecule has 0 saturated heterocycles. The molecule has 0 radical (unpaired) electrons. The number of carbonyl (C=O) groups excluding carboxylic acids is 2. The van der Waals surface area contributed by atoms with Gasteiger partial charge in [0.2, 0.25) is 5.91 Å². The highest BCUT2D eigenvalue weighted by Crippen LogP contribution is 2.36. The molecule has 8 heteroatoms. The fourth-order valence-electron chi connectivity index (χ4n) is 2.33. The summed E-state index contributed by atoms with van der Waals surface area (Å²) in [5, 5.41) is 3.21. The van der Waals surface area contributed by atoms with Crippen molar-refractivity contribution in [2.75, 3.05) is 12.4 Å². The number of hydrogen-bond donors (Lipinski definition) is 1. The lowest BCUT2D eigenvalue weighted by molar-refractivity contribution is -0.117. The molecule has 2 aromatic rings. The number of amides is 2. The van der Waals surface area contributed by atoms with Gasteiger partial charge in [0.05, 0.1) is 23.3 Å². The van der Waals surface area contributed by atoms with Gasteiger partial charge >= 0.3 is 6.09 Å². The molecule has 1 N–H and O–H groups in total. The molecular formula is C16H17N3O4S. The Hall–Kier alpha value is -2.35. The molecule has 0 spiro atoms. The third kappa shape index (κ3) is 3.59. The van der Waals surface area contributed by atoms with Gasteiger partial charge in [-0.05, 0) is 31.9 Å². The van der Waals surface area contributed by atoms with Crippen LogP contribution in [0.15, 0.2) is 34.2 Å². The van der Waals surface area contributed by atoms with Gasteiger partial charge in [0, 0.05) is 6.04 Å². The van der Waals surface area contributed by atoms with Crippen LogP contribution in [0.25, 0.3) is 10.9 Å². The van der Waals surface area contributed by atoms with Gasteiger partial charge in [-0.1, -0.05) is 23.9 Å². The van der Waals surface area contributed by atoms with Gasteiger partial charge in [0.25, 0.3) is 5.56 Å². The van der Waals surface area contributed by atoms with Gasteiger partial charge in [-0.15, -0.1) is 0 Å². The van der Waals surface area contributed by atoms with E-state index in [0.717, 1.165) is 24.6 Å². The number of alkyl carbamates (subject to hydrolysis) is 1. The third-order valence-electron chi connectivity index (χ3n) is 3.54. The number of carbonyl (C=O) groups is 2. The summed E-state index contributed by atoms with van der Waals surface area (Å²) in [6.45, 7) is 1.85. The summed E-state index contributed by atoms with van der Waals surface area (Å²) in [6, 6.07) is 7.30. The van der Waals surface area contributed by atoms with Crippen LogP contribution in [0, 0.1) is 0 Å². The van der Waals surface area contributed by atoms with Gasteiger partial charge in [-0.25, -0.2) is 9.78 Å². The quantitative estimate of drug-likeness (QED) is 0.658. The minimum Gasteiger partial charge on any atom is -0.450 e. The Morgan fingerprint density at radius 1 is 1.38 bits per heavy atom. The van der Waals surface area contributed by atoms with Crippen molar-refractivity contribution in [1.29, 1.82) is 0 Å². The van der Waals surface area contributed by atoms with Crippen LogP contribution in [0.1, 0.15) is 25.8 Å². The fourth-order valence-corrected chi connectivity index (χ4v) is 3.20. The maximum atomic E-state index is 12.7. The van der Waals surface area contributed by atoms with E-state index in [1.807, 2.05) is 12.1 Å². The van der Waals surface area contributed by atoms with Crippen LogP contribution in [-0.4, -0.2) is 33.9 Å². The Balaban J connectivity index is 1.81. The molecule has 126 valence electrons. The van der Waals surface area contributed by atoms with Crippen LogP contribution in [0.2, 0.25) is 0 Å². The Bertz CT molecular complexity index is 845. The van der Waals surface area contributed by atoms with E-state index in [-0.39, 0.29) is 24.0 Å². The summed E-state index contributed by atoms with van der Waals surface area (Å²) >= 11 is 1.14. The normalized spacial score (nSPS) is 13.7. The number of fused-ring (bicyclic) bond motifs is 1. The van der Waals surface area contributed by atoms with Gasteiger partial charge in [0.15, 0.2) is 5.16 Å². The molecule has 1 aliphatic rings. The Morgan fingerprint density at radius 2 is 2.12 bits per heavy atom. The number of thioether (sulfide) groups is 1. The van der Waals surface area contributed by atoms with Crippen molar-refractivity contribution in [3.8, 4) is 0 Å². The number of nitrogens with one attached hydrogen (secondary N) is 1. The van der Waals surface area contributed by atoms with Crippen LogP contribution in [0.3, 0.4) is 0 Å². The first kappa shape index (κ1) is 16.5. The lowest BCUT2D eigenvalue weighted by Crippen LogP contribution is -2.32. The van der Waals surface area contributed by atoms with E-state index in [1.165, 1.54) is 0 Å². The first-order valence-electron chi connectivity index (χ1n) is 7.71. The number of imide groups is 1. The van der Waals surface area contributed by atoms with Crippen molar-refractivity contribution >= 4 is 34.7 Å². The number of para-hydroxylation sites is 1. The van der Waals surface area contributed by atoms with Crippen molar-refractivity contribution in [1.82, 2.24) is 14.9 Å². The second-order valence-corrected chi connectivity index (χ2v) is 6.32. The molecule has 0 bridgehead atoms.